The van der Waals surface area contributed by atoms with E-state index in [9.17, 15) is 15.0 Å². The summed E-state index contributed by atoms with van der Waals surface area (Å²) >= 11 is 0. The average Bonchev–Trinajstić information content (AvgIpc) is 2.82. The SMILES string of the molecule is CN(C)CCN(C)c1cc(C(=O)O)nc2c(-c3ccccc3O)nc(N3CCOCC3)nc12. The smallest absolute Gasteiger partial charge is 0.354 e. The summed E-state index contributed by atoms with van der Waals surface area (Å²) in [5.41, 5.74) is 2.28. The zero-order valence-corrected chi connectivity index (χ0v) is 19.0. The van der Waals surface area contributed by atoms with E-state index in [0.717, 1.165) is 6.54 Å². The molecule has 10 heteroatoms. The third-order valence-electron chi connectivity index (χ3n) is 5.59. The molecule has 0 bridgehead atoms. The Morgan fingerprint density at radius 1 is 1.06 bits per heavy atom. The van der Waals surface area contributed by atoms with E-state index in [1.807, 2.05) is 30.9 Å². The van der Waals surface area contributed by atoms with Crippen LogP contribution in [0.2, 0.25) is 0 Å². The fraction of sp³-hybridized carbons (Fsp3) is 0.391. The number of hydrogen-bond donors (Lipinski definition) is 2. The lowest BCUT2D eigenvalue weighted by molar-refractivity contribution is 0.0691. The number of hydrogen-bond acceptors (Lipinski definition) is 9. The summed E-state index contributed by atoms with van der Waals surface area (Å²) in [6.07, 6.45) is 0. The summed E-state index contributed by atoms with van der Waals surface area (Å²) in [4.78, 5) is 31.9. The van der Waals surface area contributed by atoms with Crippen molar-refractivity contribution in [2.75, 3.05) is 70.3 Å². The van der Waals surface area contributed by atoms with Gasteiger partial charge in [-0.25, -0.2) is 19.7 Å². The molecule has 0 amide bonds. The van der Waals surface area contributed by atoms with Gasteiger partial charge < -0.3 is 29.6 Å². The van der Waals surface area contributed by atoms with Crippen LogP contribution in [0.15, 0.2) is 30.3 Å². The van der Waals surface area contributed by atoms with Gasteiger partial charge in [0.15, 0.2) is 5.69 Å². The Hall–Kier alpha value is -3.50. The molecule has 1 saturated heterocycles. The number of ether oxygens (including phenoxy) is 1. The van der Waals surface area contributed by atoms with Crippen LogP contribution < -0.4 is 9.80 Å². The number of benzene rings is 1. The molecule has 3 heterocycles. The van der Waals surface area contributed by atoms with Gasteiger partial charge in [-0.3, -0.25) is 0 Å². The number of aromatic hydroxyl groups is 1. The molecule has 0 radical (unpaired) electrons. The van der Waals surface area contributed by atoms with Crippen LogP contribution in [0.25, 0.3) is 22.3 Å². The van der Waals surface area contributed by atoms with E-state index in [0.29, 0.717) is 66.8 Å². The minimum Gasteiger partial charge on any atom is -0.507 e. The van der Waals surface area contributed by atoms with Crippen molar-refractivity contribution in [3.8, 4) is 17.0 Å². The van der Waals surface area contributed by atoms with Crippen LogP contribution in [0.1, 0.15) is 10.5 Å². The molecular formula is C23H28N6O4. The fourth-order valence-corrected chi connectivity index (χ4v) is 3.72. The molecule has 1 aliphatic heterocycles. The molecule has 2 N–H and O–H groups in total. The van der Waals surface area contributed by atoms with Crippen LogP contribution in [0.5, 0.6) is 5.75 Å². The molecule has 0 saturated carbocycles. The molecule has 2 aromatic heterocycles. The molecular weight excluding hydrogens is 424 g/mol. The monoisotopic (exact) mass is 452 g/mol. The van der Waals surface area contributed by atoms with Crippen LogP contribution in [0, 0.1) is 0 Å². The van der Waals surface area contributed by atoms with Crippen molar-refractivity contribution in [2.24, 2.45) is 0 Å². The molecule has 0 atom stereocenters. The summed E-state index contributed by atoms with van der Waals surface area (Å²) in [5, 5.41) is 20.3. The fourth-order valence-electron chi connectivity index (χ4n) is 3.72. The molecule has 0 unspecified atom stereocenters. The zero-order valence-electron chi connectivity index (χ0n) is 19.0. The summed E-state index contributed by atoms with van der Waals surface area (Å²) in [6, 6.07) is 8.38. The van der Waals surface area contributed by atoms with Gasteiger partial charge in [0, 0.05) is 38.8 Å². The largest absolute Gasteiger partial charge is 0.507 e. The maximum atomic E-state index is 11.9. The Morgan fingerprint density at radius 3 is 2.45 bits per heavy atom. The van der Waals surface area contributed by atoms with Gasteiger partial charge in [0.25, 0.3) is 0 Å². The molecule has 174 valence electrons. The standard InChI is InChI=1S/C23H28N6O4/c1-27(2)8-9-28(3)17-14-16(22(31)32)24-21-19(15-6-4-5-7-18(15)30)25-23(26-20(17)21)29-10-12-33-13-11-29/h4-7,14,30H,8-13H2,1-3H3,(H,31,32). The zero-order chi connectivity index (χ0) is 23.5. The van der Waals surface area contributed by atoms with Gasteiger partial charge in [-0.15, -0.1) is 0 Å². The highest BCUT2D eigenvalue weighted by atomic mass is 16.5. The van der Waals surface area contributed by atoms with Crippen molar-refractivity contribution in [1.82, 2.24) is 19.9 Å². The molecule has 33 heavy (non-hydrogen) atoms. The Morgan fingerprint density at radius 2 is 1.79 bits per heavy atom. The number of phenolic OH excluding ortho intramolecular Hbond substituents is 1. The lowest BCUT2D eigenvalue weighted by Gasteiger charge is -2.28. The number of carboxylic acid groups (broad SMARTS) is 1. The number of aromatic nitrogens is 3. The predicted octanol–water partition coefficient (Wildman–Crippen LogP) is 1.93. The van der Waals surface area contributed by atoms with Crippen molar-refractivity contribution in [1.29, 1.82) is 0 Å². The molecule has 1 fully saturated rings. The second-order valence-electron chi connectivity index (χ2n) is 8.24. The van der Waals surface area contributed by atoms with Gasteiger partial charge in [-0.1, -0.05) is 12.1 Å². The first kappa shape index (κ1) is 22.7. The van der Waals surface area contributed by atoms with Crippen molar-refractivity contribution in [3.05, 3.63) is 36.0 Å². The van der Waals surface area contributed by atoms with E-state index < -0.39 is 5.97 Å². The maximum absolute atomic E-state index is 11.9. The average molecular weight is 453 g/mol. The highest BCUT2D eigenvalue weighted by molar-refractivity contribution is 6.01. The van der Waals surface area contributed by atoms with Crippen LogP contribution in [0.3, 0.4) is 0 Å². The Bertz CT molecular complexity index is 1160. The lowest BCUT2D eigenvalue weighted by atomic mass is 10.1. The first-order valence-corrected chi connectivity index (χ1v) is 10.8. The van der Waals surface area contributed by atoms with Crippen molar-refractivity contribution in [2.45, 2.75) is 0 Å². The predicted molar refractivity (Wildman–Crippen MR) is 126 cm³/mol. The lowest BCUT2D eigenvalue weighted by Crippen LogP contribution is -2.37. The normalized spacial score (nSPS) is 14.1. The molecule has 4 rings (SSSR count). The van der Waals surface area contributed by atoms with E-state index in [1.54, 1.807) is 30.3 Å². The first-order valence-electron chi connectivity index (χ1n) is 10.8. The number of pyridine rings is 1. The molecule has 0 spiro atoms. The van der Waals surface area contributed by atoms with Crippen LogP contribution in [0.4, 0.5) is 11.6 Å². The summed E-state index contributed by atoms with van der Waals surface area (Å²) in [6.45, 7) is 3.85. The highest BCUT2D eigenvalue weighted by Gasteiger charge is 2.24. The molecule has 10 nitrogen and oxygen atoms in total. The number of para-hydroxylation sites is 1. The summed E-state index contributed by atoms with van der Waals surface area (Å²) < 4.78 is 5.47. The number of aromatic carboxylic acids is 1. The topological polar surface area (TPSA) is 115 Å². The number of rotatable bonds is 7. The summed E-state index contributed by atoms with van der Waals surface area (Å²) in [7, 11) is 5.87. The minimum atomic E-state index is -1.14. The number of nitrogens with zero attached hydrogens (tertiary/aromatic N) is 6. The van der Waals surface area contributed by atoms with E-state index in [2.05, 4.69) is 9.88 Å². The molecule has 3 aromatic rings. The van der Waals surface area contributed by atoms with Gasteiger partial charge in [-0.05, 0) is 32.3 Å². The first-order chi connectivity index (χ1) is 15.8. The van der Waals surface area contributed by atoms with Crippen LogP contribution >= 0.6 is 0 Å². The molecule has 1 aromatic carbocycles. The van der Waals surface area contributed by atoms with Crippen LogP contribution in [-0.2, 0) is 4.74 Å². The Balaban J connectivity index is 1.99. The van der Waals surface area contributed by atoms with Gasteiger partial charge >= 0.3 is 5.97 Å². The van der Waals surface area contributed by atoms with Gasteiger partial charge in [0.1, 0.15) is 22.5 Å². The third-order valence-corrected chi connectivity index (χ3v) is 5.59. The van der Waals surface area contributed by atoms with Crippen molar-refractivity contribution >= 4 is 28.6 Å². The minimum absolute atomic E-state index is 0.0375. The third kappa shape index (κ3) is 4.81. The second kappa shape index (κ2) is 9.55. The highest BCUT2D eigenvalue weighted by Crippen LogP contribution is 2.36. The van der Waals surface area contributed by atoms with Crippen molar-refractivity contribution in [3.63, 3.8) is 0 Å². The molecule has 1 aliphatic rings. The second-order valence-corrected chi connectivity index (χ2v) is 8.24. The Kier molecular flexibility index (Phi) is 6.57. The van der Waals surface area contributed by atoms with Gasteiger partial charge in [-0.2, -0.15) is 0 Å². The number of fused-ring (bicyclic) bond motifs is 1. The number of phenols is 1. The van der Waals surface area contributed by atoms with Gasteiger partial charge in [0.05, 0.1) is 18.9 Å². The van der Waals surface area contributed by atoms with Crippen LogP contribution in [-0.4, -0.2) is 96.6 Å². The van der Waals surface area contributed by atoms with Crippen molar-refractivity contribution < 1.29 is 19.7 Å². The van der Waals surface area contributed by atoms with E-state index in [1.165, 1.54) is 0 Å². The van der Waals surface area contributed by atoms with E-state index >= 15 is 0 Å². The molecule has 0 aliphatic carbocycles. The number of likely N-dealkylation sites (N-methyl/N-ethyl adjacent to an activating group) is 2. The number of carbonyl (C=O) groups is 1. The summed E-state index contributed by atoms with van der Waals surface area (Å²) in [5.74, 6) is -0.605. The maximum Gasteiger partial charge on any atom is 0.354 e. The number of anilines is 2. The Labute approximate surface area is 192 Å². The van der Waals surface area contributed by atoms with E-state index in [4.69, 9.17) is 14.7 Å². The van der Waals surface area contributed by atoms with Gasteiger partial charge in [0.2, 0.25) is 5.95 Å². The van der Waals surface area contributed by atoms with E-state index in [-0.39, 0.29) is 11.4 Å². The number of morpholine rings is 1. The number of carboxylic acids is 1. The quantitative estimate of drug-likeness (QED) is 0.551.